The van der Waals surface area contributed by atoms with Gasteiger partial charge in [0.05, 0.1) is 0 Å². The third-order valence-corrected chi connectivity index (χ3v) is 5.13. The molecule has 3 unspecified atom stereocenters. The summed E-state index contributed by atoms with van der Waals surface area (Å²) in [5.74, 6) is 1.67. The van der Waals surface area contributed by atoms with E-state index >= 15 is 0 Å². The summed E-state index contributed by atoms with van der Waals surface area (Å²) in [7, 11) is 0. The molecule has 0 spiro atoms. The standard InChI is InChI=1S/C19H31N/c1-5-15-11-12-17(13-16(15)6-2)19(20-7-3)18-10-8-9-14(18)4/h11-14,18-20H,5-10H2,1-4H3. The Morgan fingerprint density at radius 3 is 2.40 bits per heavy atom. The summed E-state index contributed by atoms with van der Waals surface area (Å²) >= 11 is 0. The first-order chi connectivity index (χ1) is 9.71. The van der Waals surface area contributed by atoms with Gasteiger partial charge in [0.15, 0.2) is 0 Å². The average Bonchev–Trinajstić information content (AvgIpc) is 2.90. The lowest BCUT2D eigenvalue weighted by molar-refractivity contribution is 0.305. The summed E-state index contributed by atoms with van der Waals surface area (Å²) < 4.78 is 0. The Morgan fingerprint density at radius 2 is 1.85 bits per heavy atom. The van der Waals surface area contributed by atoms with Gasteiger partial charge in [-0.1, -0.05) is 58.7 Å². The van der Waals surface area contributed by atoms with Crippen molar-refractivity contribution in [2.75, 3.05) is 6.54 Å². The summed E-state index contributed by atoms with van der Waals surface area (Å²) in [6, 6.07) is 7.75. The zero-order valence-electron chi connectivity index (χ0n) is 13.7. The van der Waals surface area contributed by atoms with E-state index in [0.29, 0.717) is 6.04 Å². The molecule has 0 aromatic heterocycles. The second-order valence-electron chi connectivity index (χ2n) is 6.34. The predicted molar refractivity (Wildman–Crippen MR) is 88.1 cm³/mol. The van der Waals surface area contributed by atoms with Crippen molar-refractivity contribution >= 4 is 0 Å². The summed E-state index contributed by atoms with van der Waals surface area (Å²) in [4.78, 5) is 0. The van der Waals surface area contributed by atoms with Gasteiger partial charge in [-0.05, 0) is 54.3 Å². The van der Waals surface area contributed by atoms with Crippen LogP contribution in [0.2, 0.25) is 0 Å². The van der Waals surface area contributed by atoms with Gasteiger partial charge in [-0.25, -0.2) is 0 Å². The Hall–Kier alpha value is -0.820. The van der Waals surface area contributed by atoms with Crippen molar-refractivity contribution in [1.82, 2.24) is 5.32 Å². The van der Waals surface area contributed by atoms with Gasteiger partial charge < -0.3 is 5.32 Å². The molecule has 2 rings (SSSR count). The van der Waals surface area contributed by atoms with E-state index in [2.05, 4.69) is 51.2 Å². The molecule has 112 valence electrons. The summed E-state index contributed by atoms with van der Waals surface area (Å²) in [5.41, 5.74) is 4.57. The van der Waals surface area contributed by atoms with Crippen LogP contribution in [0.3, 0.4) is 0 Å². The topological polar surface area (TPSA) is 12.0 Å². The fourth-order valence-corrected chi connectivity index (χ4v) is 3.92. The molecule has 1 saturated carbocycles. The fraction of sp³-hybridized carbons (Fsp3) is 0.684. The molecule has 1 fully saturated rings. The highest BCUT2D eigenvalue weighted by Crippen LogP contribution is 2.40. The first kappa shape index (κ1) is 15.6. The molecule has 1 aliphatic carbocycles. The lowest BCUT2D eigenvalue weighted by Gasteiger charge is -2.29. The maximum absolute atomic E-state index is 3.76. The van der Waals surface area contributed by atoms with Gasteiger partial charge in [0.1, 0.15) is 0 Å². The minimum atomic E-state index is 0.550. The van der Waals surface area contributed by atoms with E-state index in [1.165, 1.54) is 30.4 Å². The maximum atomic E-state index is 3.76. The summed E-state index contributed by atoms with van der Waals surface area (Å²) in [5, 5.41) is 3.76. The van der Waals surface area contributed by atoms with Gasteiger partial charge in [-0.15, -0.1) is 0 Å². The molecule has 1 heteroatoms. The quantitative estimate of drug-likeness (QED) is 0.777. The molecule has 1 aromatic rings. The van der Waals surface area contributed by atoms with E-state index in [-0.39, 0.29) is 0 Å². The van der Waals surface area contributed by atoms with E-state index in [1.54, 1.807) is 5.56 Å². The number of benzene rings is 1. The van der Waals surface area contributed by atoms with E-state index in [4.69, 9.17) is 0 Å². The molecule has 0 amide bonds. The molecule has 1 N–H and O–H groups in total. The summed E-state index contributed by atoms with van der Waals surface area (Å²) in [6.07, 6.45) is 6.49. The number of aryl methyl sites for hydroxylation is 2. The molecule has 1 aromatic carbocycles. The number of rotatable bonds is 6. The largest absolute Gasteiger partial charge is 0.310 e. The third kappa shape index (κ3) is 3.25. The second kappa shape index (κ2) is 7.26. The molecular weight excluding hydrogens is 242 g/mol. The minimum Gasteiger partial charge on any atom is -0.310 e. The minimum absolute atomic E-state index is 0.550. The van der Waals surface area contributed by atoms with Crippen LogP contribution in [0, 0.1) is 11.8 Å². The maximum Gasteiger partial charge on any atom is 0.0351 e. The molecule has 20 heavy (non-hydrogen) atoms. The molecular formula is C19H31N. The summed E-state index contributed by atoms with van der Waals surface area (Å²) in [6.45, 7) is 10.3. The first-order valence-electron chi connectivity index (χ1n) is 8.56. The van der Waals surface area contributed by atoms with Crippen molar-refractivity contribution < 1.29 is 0 Å². The van der Waals surface area contributed by atoms with Gasteiger partial charge in [-0.3, -0.25) is 0 Å². The van der Waals surface area contributed by atoms with Gasteiger partial charge in [-0.2, -0.15) is 0 Å². The smallest absolute Gasteiger partial charge is 0.0351 e. The van der Waals surface area contributed by atoms with Crippen LogP contribution in [-0.2, 0) is 12.8 Å². The SMILES string of the molecule is CCNC(c1ccc(CC)c(CC)c1)C1CCCC1C. The molecule has 0 radical (unpaired) electrons. The van der Waals surface area contributed by atoms with Crippen molar-refractivity contribution in [3.05, 3.63) is 34.9 Å². The highest BCUT2D eigenvalue weighted by atomic mass is 14.9. The number of hydrogen-bond donors (Lipinski definition) is 1. The van der Waals surface area contributed by atoms with E-state index in [1.807, 2.05) is 0 Å². The van der Waals surface area contributed by atoms with Crippen LogP contribution in [0.4, 0.5) is 0 Å². The molecule has 0 saturated heterocycles. The van der Waals surface area contributed by atoms with Gasteiger partial charge in [0.25, 0.3) is 0 Å². The Kier molecular flexibility index (Phi) is 5.65. The van der Waals surface area contributed by atoms with Gasteiger partial charge in [0, 0.05) is 6.04 Å². The van der Waals surface area contributed by atoms with Crippen LogP contribution in [-0.4, -0.2) is 6.54 Å². The normalized spacial score (nSPS) is 24.0. The zero-order valence-corrected chi connectivity index (χ0v) is 13.7. The van der Waals surface area contributed by atoms with Gasteiger partial charge in [0.2, 0.25) is 0 Å². The van der Waals surface area contributed by atoms with Crippen LogP contribution in [0.1, 0.15) is 69.7 Å². The highest BCUT2D eigenvalue weighted by molar-refractivity contribution is 5.34. The van der Waals surface area contributed by atoms with E-state index in [9.17, 15) is 0 Å². The molecule has 0 heterocycles. The van der Waals surface area contributed by atoms with Crippen LogP contribution in [0.25, 0.3) is 0 Å². The van der Waals surface area contributed by atoms with Crippen molar-refractivity contribution in [1.29, 1.82) is 0 Å². The third-order valence-electron chi connectivity index (χ3n) is 5.13. The molecule has 1 nitrogen and oxygen atoms in total. The number of hydrogen-bond acceptors (Lipinski definition) is 1. The van der Waals surface area contributed by atoms with Crippen LogP contribution < -0.4 is 5.32 Å². The Labute approximate surface area is 125 Å². The Bertz CT molecular complexity index is 424. The van der Waals surface area contributed by atoms with Crippen molar-refractivity contribution in [3.63, 3.8) is 0 Å². The predicted octanol–water partition coefficient (Wildman–Crippen LogP) is 4.90. The van der Waals surface area contributed by atoms with Gasteiger partial charge >= 0.3 is 0 Å². The van der Waals surface area contributed by atoms with Crippen LogP contribution in [0.5, 0.6) is 0 Å². The Balaban J connectivity index is 2.29. The second-order valence-corrected chi connectivity index (χ2v) is 6.34. The van der Waals surface area contributed by atoms with Crippen LogP contribution in [0.15, 0.2) is 18.2 Å². The number of nitrogens with one attached hydrogen (secondary N) is 1. The zero-order chi connectivity index (χ0) is 14.5. The van der Waals surface area contributed by atoms with Crippen molar-refractivity contribution in [3.8, 4) is 0 Å². The Morgan fingerprint density at radius 1 is 1.10 bits per heavy atom. The lowest BCUT2D eigenvalue weighted by Crippen LogP contribution is -2.29. The molecule has 3 atom stereocenters. The lowest BCUT2D eigenvalue weighted by atomic mass is 9.84. The van der Waals surface area contributed by atoms with Crippen molar-refractivity contribution in [2.24, 2.45) is 11.8 Å². The molecule has 0 aliphatic heterocycles. The van der Waals surface area contributed by atoms with Crippen LogP contribution >= 0.6 is 0 Å². The van der Waals surface area contributed by atoms with Crippen molar-refractivity contribution in [2.45, 2.75) is 65.8 Å². The first-order valence-corrected chi connectivity index (χ1v) is 8.56. The monoisotopic (exact) mass is 273 g/mol. The van der Waals surface area contributed by atoms with E-state index in [0.717, 1.165) is 31.2 Å². The fourth-order valence-electron chi connectivity index (χ4n) is 3.92. The molecule has 1 aliphatic rings. The highest BCUT2D eigenvalue weighted by Gasteiger charge is 2.31. The molecule has 0 bridgehead atoms. The average molecular weight is 273 g/mol. The van der Waals surface area contributed by atoms with E-state index < -0.39 is 0 Å².